The van der Waals surface area contributed by atoms with E-state index in [1.165, 1.54) is 11.0 Å². The van der Waals surface area contributed by atoms with Gasteiger partial charge in [-0.2, -0.15) is 0 Å². The number of tetrazole rings is 1. The van der Waals surface area contributed by atoms with Gasteiger partial charge in [-0.15, -0.1) is 5.10 Å². The van der Waals surface area contributed by atoms with E-state index in [0.29, 0.717) is 30.8 Å². The standard InChI is InChI=1S/C24H29FN6O2/c1-16-4-6-18(7-5-16)19-10-20(12-21(11-19)31-15-26-28-29-31)24(32)27-17(2)13-30-9-8-23(33-3)22(25)14-30/h4-7,10-12,15,17,22-23H,8-9,13-14H2,1-3H3,(H,27,32)/t17-,22?,23?/m1/s1. The fourth-order valence-corrected chi connectivity index (χ4v) is 4.18. The van der Waals surface area contributed by atoms with Gasteiger partial charge in [-0.25, -0.2) is 9.07 Å². The molecule has 4 rings (SSSR count). The number of carbonyl (C=O) groups excluding carboxylic acids is 1. The predicted octanol–water partition coefficient (Wildman–Crippen LogP) is 2.81. The lowest BCUT2D eigenvalue weighted by Gasteiger charge is -2.35. The lowest BCUT2D eigenvalue weighted by atomic mass is 10.0. The fraction of sp³-hybridized carbons (Fsp3) is 0.417. The lowest BCUT2D eigenvalue weighted by molar-refractivity contribution is -0.0233. The number of hydrogen-bond donors (Lipinski definition) is 1. The number of alkyl halides is 1. The highest BCUT2D eigenvalue weighted by Crippen LogP contribution is 2.25. The van der Waals surface area contributed by atoms with Crippen LogP contribution in [0.25, 0.3) is 16.8 Å². The highest BCUT2D eigenvalue weighted by molar-refractivity contribution is 5.96. The molecule has 3 aromatic rings. The second-order valence-corrected chi connectivity index (χ2v) is 8.60. The summed E-state index contributed by atoms with van der Waals surface area (Å²) in [7, 11) is 1.55. The summed E-state index contributed by atoms with van der Waals surface area (Å²) in [6, 6.07) is 13.5. The van der Waals surface area contributed by atoms with Crippen molar-refractivity contribution < 1.29 is 13.9 Å². The zero-order valence-electron chi connectivity index (χ0n) is 19.1. The third kappa shape index (κ3) is 5.61. The van der Waals surface area contributed by atoms with Crippen LogP contribution in [0.1, 0.15) is 29.3 Å². The minimum absolute atomic E-state index is 0.150. The number of likely N-dealkylation sites (tertiary alicyclic amines) is 1. The molecule has 8 nitrogen and oxygen atoms in total. The average Bonchev–Trinajstić information content (AvgIpc) is 3.34. The molecule has 1 amide bonds. The van der Waals surface area contributed by atoms with Gasteiger partial charge in [0.05, 0.1) is 11.8 Å². The predicted molar refractivity (Wildman–Crippen MR) is 123 cm³/mol. The molecule has 1 aromatic heterocycles. The molecule has 0 bridgehead atoms. The summed E-state index contributed by atoms with van der Waals surface area (Å²) in [5.74, 6) is -0.200. The van der Waals surface area contributed by atoms with E-state index >= 15 is 0 Å². The number of carbonyl (C=O) groups is 1. The molecule has 0 saturated carbocycles. The Labute approximate surface area is 192 Å². The number of amides is 1. The zero-order valence-corrected chi connectivity index (χ0v) is 19.1. The number of nitrogens with zero attached hydrogens (tertiary/aromatic N) is 5. The Balaban J connectivity index is 1.51. The molecular formula is C24H29FN6O2. The number of piperidine rings is 1. The Morgan fingerprint density at radius 1 is 1.24 bits per heavy atom. The molecule has 2 unspecified atom stereocenters. The first-order valence-corrected chi connectivity index (χ1v) is 11.1. The van der Waals surface area contributed by atoms with Crippen LogP contribution >= 0.6 is 0 Å². The first kappa shape index (κ1) is 23.0. The van der Waals surface area contributed by atoms with Crippen LogP contribution in [0.5, 0.6) is 0 Å². The van der Waals surface area contributed by atoms with Crippen molar-refractivity contribution in [3.05, 3.63) is 59.9 Å². The van der Waals surface area contributed by atoms with E-state index in [9.17, 15) is 9.18 Å². The van der Waals surface area contributed by atoms with Crippen LogP contribution < -0.4 is 5.32 Å². The quantitative estimate of drug-likeness (QED) is 0.593. The van der Waals surface area contributed by atoms with Crippen LogP contribution in [0, 0.1) is 6.92 Å². The van der Waals surface area contributed by atoms with Crippen LogP contribution in [0.2, 0.25) is 0 Å². The van der Waals surface area contributed by atoms with E-state index in [1.807, 2.05) is 55.1 Å². The van der Waals surface area contributed by atoms with Crippen molar-refractivity contribution in [2.24, 2.45) is 0 Å². The molecular weight excluding hydrogens is 423 g/mol. The largest absolute Gasteiger partial charge is 0.378 e. The molecule has 0 radical (unpaired) electrons. The number of hydrogen-bond acceptors (Lipinski definition) is 6. The Hall–Kier alpha value is -3.17. The summed E-state index contributed by atoms with van der Waals surface area (Å²) in [4.78, 5) is 15.2. The minimum Gasteiger partial charge on any atom is -0.378 e. The van der Waals surface area contributed by atoms with E-state index < -0.39 is 6.17 Å². The third-order valence-electron chi connectivity index (χ3n) is 5.96. The summed E-state index contributed by atoms with van der Waals surface area (Å²) in [6.45, 7) is 5.58. The molecule has 3 atom stereocenters. The van der Waals surface area contributed by atoms with Gasteiger partial charge in [0.1, 0.15) is 12.5 Å². The second kappa shape index (κ2) is 10.2. The van der Waals surface area contributed by atoms with Crippen molar-refractivity contribution in [2.75, 3.05) is 26.7 Å². The molecule has 33 heavy (non-hydrogen) atoms. The van der Waals surface area contributed by atoms with Crippen LogP contribution in [-0.2, 0) is 4.74 Å². The van der Waals surface area contributed by atoms with Gasteiger partial charge in [0, 0.05) is 38.3 Å². The van der Waals surface area contributed by atoms with Crippen molar-refractivity contribution in [2.45, 2.75) is 38.6 Å². The molecule has 1 aliphatic heterocycles. The summed E-state index contributed by atoms with van der Waals surface area (Å²) >= 11 is 0. The van der Waals surface area contributed by atoms with Gasteiger partial charge in [-0.1, -0.05) is 29.8 Å². The van der Waals surface area contributed by atoms with Crippen molar-refractivity contribution >= 4 is 5.91 Å². The maximum Gasteiger partial charge on any atom is 0.251 e. The van der Waals surface area contributed by atoms with Crippen molar-refractivity contribution in [1.82, 2.24) is 30.4 Å². The smallest absolute Gasteiger partial charge is 0.251 e. The number of ether oxygens (including phenoxy) is 1. The normalized spacial score (nSPS) is 19.9. The fourth-order valence-electron chi connectivity index (χ4n) is 4.18. The maximum atomic E-state index is 14.2. The lowest BCUT2D eigenvalue weighted by Crippen LogP contribution is -2.50. The summed E-state index contributed by atoms with van der Waals surface area (Å²) < 4.78 is 20.9. The number of halogens is 1. The van der Waals surface area contributed by atoms with E-state index in [-0.39, 0.29) is 18.1 Å². The number of aryl methyl sites for hydroxylation is 1. The van der Waals surface area contributed by atoms with Crippen LogP contribution in [-0.4, -0.2) is 76.1 Å². The van der Waals surface area contributed by atoms with Gasteiger partial charge in [-0.05, 0) is 60.0 Å². The summed E-state index contributed by atoms with van der Waals surface area (Å²) in [5, 5.41) is 14.4. The third-order valence-corrected chi connectivity index (χ3v) is 5.96. The first-order chi connectivity index (χ1) is 15.9. The molecule has 1 fully saturated rings. The molecule has 9 heteroatoms. The second-order valence-electron chi connectivity index (χ2n) is 8.60. The van der Waals surface area contributed by atoms with Gasteiger partial charge < -0.3 is 10.1 Å². The summed E-state index contributed by atoms with van der Waals surface area (Å²) in [5.41, 5.74) is 4.24. The Morgan fingerprint density at radius 3 is 2.70 bits per heavy atom. The first-order valence-electron chi connectivity index (χ1n) is 11.1. The van der Waals surface area contributed by atoms with E-state index in [0.717, 1.165) is 23.2 Å². The Bertz CT molecular complexity index is 1070. The van der Waals surface area contributed by atoms with Gasteiger partial charge in [0.2, 0.25) is 0 Å². The van der Waals surface area contributed by atoms with E-state index in [4.69, 9.17) is 4.74 Å². The monoisotopic (exact) mass is 452 g/mol. The number of methoxy groups -OCH3 is 1. The van der Waals surface area contributed by atoms with Crippen LogP contribution in [0.3, 0.4) is 0 Å². The van der Waals surface area contributed by atoms with Crippen molar-refractivity contribution in [1.29, 1.82) is 0 Å². The molecule has 1 N–H and O–H groups in total. The van der Waals surface area contributed by atoms with E-state index in [2.05, 4.69) is 20.8 Å². The molecule has 0 aliphatic carbocycles. The van der Waals surface area contributed by atoms with Gasteiger partial charge in [0.15, 0.2) is 0 Å². The number of benzene rings is 2. The van der Waals surface area contributed by atoms with Crippen LogP contribution in [0.15, 0.2) is 48.8 Å². The summed E-state index contributed by atoms with van der Waals surface area (Å²) in [6.07, 6.45) is 0.777. The Kier molecular flexibility index (Phi) is 7.10. The van der Waals surface area contributed by atoms with Gasteiger partial charge in [-0.3, -0.25) is 9.69 Å². The average molecular weight is 453 g/mol. The maximum absolute atomic E-state index is 14.2. The van der Waals surface area contributed by atoms with Crippen molar-refractivity contribution in [3.63, 3.8) is 0 Å². The molecule has 1 saturated heterocycles. The van der Waals surface area contributed by atoms with Gasteiger partial charge >= 0.3 is 0 Å². The molecule has 2 aromatic carbocycles. The Morgan fingerprint density at radius 2 is 2.03 bits per heavy atom. The molecule has 1 aliphatic rings. The highest BCUT2D eigenvalue weighted by atomic mass is 19.1. The SMILES string of the molecule is COC1CCN(C[C@@H](C)NC(=O)c2cc(-c3ccc(C)cc3)cc(-n3cnnn3)c2)CC1F. The number of nitrogens with one attached hydrogen (secondary N) is 1. The van der Waals surface area contributed by atoms with Gasteiger partial charge in [0.25, 0.3) is 5.91 Å². The molecule has 0 spiro atoms. The van der Waals surface area contributed by atoms with Crippen LogP contribution in [0.4, 0.5) is 4.39 Å². The molecule has 174 valence electrons. The minimum atomic E-state index is -1.02. The van der Waals surface area contributed by atoms with E-state index in [1.54, 1.807) is 13.2 Å². The van der Waals surface area contributed by atoms with Crippen molar-refractivity contribution in [3.8, 4) is 16.8 Å². The highest BCUT2D eigenvalue weighted by Gasteiger charge is 2.29. The number of rotatable bonds is 7. The topological polar surface area (TPSA) is 85.2 Å². The molecule has 2 heterocycles. The zero-order chi connectivity index (χ0) is 23.4. The number of aromatic nitrogens is 4.